The molecule has 1 amide bonds. The van der Waals surface area contributed by atoms with Crippen LogP contribution in [0.1, 0.15) is 42.7 Å². The SMILES string of the molecule is O=C(NCCC(c1ccccc1)c1ccccc1)C1CC=CCC1. The van der Waals surface area contributed by atoms with Crippen LogP contribution in [-0.4, -0.2) is 12.5 Å². The molecule has 2 nitrogen and oxygen atoms in total. The fraction of sp³-hybridized carbons (Fsp3) is 0.318. The summed E-state index contributed by atoms with van der Waals surface area (Å²) >= 11 is 0. The third-order valence-corrected chi connectivity index (χ3v) is 4.78. The molecule has 2 heteroatoms. The Bertz CT molecular complexity index is 623. The van der Waals surface area contributed by atoms with Crippen LogP contribution in [0.15, 0.2) is 72.8 Å². The maximum absolute atomic E-state index is 12.3. The van der Waals surface area contributed by atoms with Gasteiger partial charge in [0, 0.05) is 18.4 Å². The monoisotopic (exact) mass is 319 g/mol. The topological polar surface area (TPSA) is 29.1 Å². The van der Waals surface area contributed by atoms with Crippen molar-refractivity contribution < 1.29 is 4.79 Å². The zero-order chi connectivity index (χ0) is 16.6. The normalized spacial score (nSPS) is 17.0. The number of nitrogens with one attached hydrogen (secondary N) is 1. The first kappa shape index (κ1) is 16.5. The van der Waals surface area contributed by atoms with Crippen molar-refractivity contribution in [2.75, 3.05) is 6.54 Å². The molecule has 2 aromatic carbocycles. The van der Waals surface area contributed by atoms with E-state index in [4.69, 9.17) is 0 Å². The minimum atomic E-state index is 0.155. The molecule has 24 heavy (non-hydrogen) atoms. The highest BCUT2D eigenvalue weighted by Crippen LogP contribution is 2.27. The van der Waals surface area contributed by atoms with Crippen LogP contribution >= 0.6 is 0 Å². The Morgan fingerprint density at radius 2 is 1.58 bits per heavy atom. The van der Waals surface area contributed by atoms with Gasteiger partial charge < -0.3 is 5.32 Å². The fourth-order valence-corrected chi connectivity index (χ4v) is 3.41. The van der Waals surface area contributed by atoms with E-state index in [0.717, 1.165) is 25.7 Å². The molecule has 1 atom stereocenters. The second-order valence-corrected chi connectivity index (χ2v) is 6.44. The van der Waals surface area contributed by atoms with E-state index in [1.807, 2.05) is 12.1 Å². The molecule has 1 aliphatic carbocycles. The lowest BCUT2D eigenvalue weighted by Gasteiger charge is -2.20. The molecular formula is C22H25NO. The van der Waals surface area contributed by atoms with E-state index in [0.29, 0.717) is 12.5 Å². The average molecular weight is 319 g/mol. The number of amides is 1. The molecular weight excluding hydrogens is 294 g/mol. The van der Waals surface area contributed by atoms with Crippen molar-refractivity contribution in [2.45, 2.75) is 31.6 Å². The van der Waals surface area contributed by atoms with Gasteiger partial charge in [-0.2, -0.15) is 0 Å². The summed E-state index contributed by atoms with van der Waals surface area (Å²) < 4.78 is 0. The van der Waals surface area contributed by atoms with Gasteiger partial charge in [0.25, 0.3) is 0 Å². The van der Waals surface area contributed by atoms with E-state index in [1.54, 1.807) is 0 Å². The summed E-state index contributed by atoms with van der Waals surface area (Å²) in [6.45, 7) is 0.716. The second-order valence-electron chi connectivity index (χ2n) is 6.44. The van der Waals surface area contributed by atoms with Crippen molar-refractivity contribution in [2.24, 2.45) is 5.92 Å². The van der Waals surface area contributed by atoms with Crippen molar-refractivity contribution in [1.82, 2.24) is 5.32 Å². The van der Waals surface area contributed by atoms with Crippen LogP contribution in [0.2, 0.25) is 0 Å². The smallest absolute Gasteiger partial charge is 0.223 e. The third-order valence-electron chi connectivity index (χ3n) is 4.78. The largest absolute Gasteiger partial charge is 0.356 e. The zero-order valence-electron chi connectivity index (χ0n) is 14.0. The molecule has 0 fully saturated rings. The predicted molar refractivity (Wildman–Crippen MR) is 98.8 cm³/mol. The summed E-state index contributed by atoms with van der Waals surface area (Å²) in [4.78, 5) is 12.3. The van der Waals surface area contributed by atoms with Gasteiger partial charge in [0.1, 0.15) is 0 Å². The Balaban J connectivity index is 1.62. The van der Waals surface area contributed by atoms with Crippen LogP contribution in [0.5, 0.6) is 0 Å². The van der Waals surface area contributed by atoms with Crippen molar-refractivity contribution in [3.05, 3.63) is 83.9 Å². The molecule has 0 radical (unpaired) electrons. The first-order chi connectivity index (χ1) is 11.8. The molecule has 0 heterocycles. The lowest BCUT2D eigenvalue weighted by atomic mass is 9.88. The summed E-state index contributed by atoms with van der Waals surface area (Å²) in [6.07, 6.45) is 8.10. The predicted octanol–water partition coefficient (Wildman–Crippen LogP) is 4.68. The summed E-state index contributed by atoms with van der Waals surface area (Å²) in [6, 6.07) is 21.1. The number of rotatable bonds is 6. The van der Waals surface area contributed by atoms with Crippen molar-refractivity contribution >= 4 is 5.91 Å². The van der Waals surface area contributed by atoms with Crippen LogP contribution in [0.3, 0.4) is 0 Å². The van der Waals surface area contributed by atoms with Crippen LogP contribution < -0.4 is 5.32 Å². The van der Waals surface area contributed by atoms with Crippen LogP contribution in [0.25, 0.3) is 0 Å². The van der Waals surface area contributed by atoms with Gasteiger partial charge in [0.2, 0.25) is 5.91 Å². The van der Waals surface area contributed by atoms with Gasteiger partial charge in [-0.15, -0.1) is 0 Å². The summed E-state index contributed by atoms with van der Waals surface area (Å²) in [7, 11) is 0. The number of carbonyl (C=O) groups excluding carboxylic acids is 1. The maximum atomic E-state index is 12.3. The molecule has 2 aromatic rings. The van der Waals surface area contributed by atoms with E-state index < -0.39 is 0 Å². The Labute approximate surface area is 144 Å². The van der Waals surface area contributed by atoms with Gasteiger partial charge in [-0.25, -0.2) is 0 Å². The van der Waals surface area contributed by atoms with Crippen molar-refractivity contribution in [3.63, 3.8) is 0 Å². The van der Waals surface area contributed by atoms with Gasteiger partial charge in [-0.05, 0) is 36.8 Å². The lowest BCUT2D eigenvalue weighted by molar-refractivity contribution is -0.125. The molecule has 1 unspecified atom stereocenters. The third kappa shape index (κ3) is 4.35. The standard InChI is InChI=1S/C22H25NO/c24-22(20-14-8-3-9-15-20)23-17-16-21(18-10-4-1-5-11-18)19-12-6-2-7-13-19/h1-8,10-13,20-21H,9,14-17H2,(H,23,24). The van der Waals surface area contributed by atoms with Gasteiger partial charge in [0.15, 0.2) is 0 Å². The molecule has 0 bridgehead atoms. The molecule has 1 aliphatic rings. The molecule has 0 saturated heterocycles. The summed E-state index contributed by atoms with van der Waals surface area (Å²) in [5.41, 5.74) is 2.61. The Morgan fingerprint density at radius 3 is 2.12 bits per heavy atom. The Hall–Kier alpha value is -2.35. The number of carbonyl (C=O) groups is 1. The molecule has 0 aromatic heterocycles. The lowest BCUT2D eigenvalue weighted by Crippen LogP contribution is -2.32. The minimum Gasteiger partial charge on any atom is -0.356 e. The van der Waals surface area contributed by atoms with E-state index in [-0.39, 0.29) is 11.8 Å². The minimum absolute atomic E-state index is 0.155. The maximum Gasteiger partial charge on any atom is 0.223 e. The van der Waals surface area contributed by atoms with E-state index in [9.17, 15) is 4.79 Å². The number of hydrogen-bond donors (Lipinski definition) is 1. The number of allylic oxidation sites excluding steroid dienone is 2. The second kappa shape index (κ2) is 8.49. The van der Waals surface area contributed by atoms with Crippen molar-refractivity contribution in [1.29, 1.82) is 0 Å². The number of hydrogen-bond acceptors (Lipinski definition) is 1. The Morgan fingerprint density at radius 1 is 0.958 bits per heavy atom. The molecule has 0 spiro atoms. The molecule has 0 saturated carbocycles. The van der Waals surface area contributed by atoms with E-state index >= 15 is 0 Å². The van der Waals surface area contributed by atoms with Crippen molar-refractivity contribution in [3.8, 4) is 0 Å². The van der Waals surface area contributed by atoms with E-state index in [2.05, 4.69) is 66.0 Å². The van der Waals surface area contributed by atoms with Gasteiger partial charge >= 0.3 is 0 Å². The highest BCUT2D eigenvalue weighted by Gasteiger charge is 2.19. The average Bonchev–Trinajstić information content (AvgIpc) is 2.67. The van der Waals surface area contributed by atoms with Gasteiger partial charge in [-0.1, -0.05) is 72.8 Å². The van der Waals surface area contributed by atoms with Crippen LogP contribution in [0, 0.1) is 5.92 Å². The highest BCUT2D eigenvalue weighted by molar-refractivity contribution is 5.78. The first-order valence-electron chi connectivity index (χ1n) is 8.87. The quantitative estimate of drug-likeness (QED) is 0.770. The molecule has 124 valence electrons. The van der Waals surface area contributed by atoms with E-state index in [1.165, 1.54) is 11.1 Å². The number of benzene rings is 2. The first-order valence-corrected chi connectivity index (χ1v) is 8.87. The molecule has 3 rings (SSSR count). The molecule has 0 aliphatic heterocycles. The molecule has 1 N–H and O–H groups in total. The highest BCUT2D eigenvalue weighted by atomic mass is 16.1. The van der Waals surface area contributed by atoms with Gasteiger partial charge in [-0.3, -0.25) is 4.79 Å². The Kier molecular flexibility index (Phi) is 5.84. The fourth-order valence-electron chi connectivity index (χ4n) is 3.41. The van der Waals surface area contributed by atoms with Crippen LogP contribution in [-0.2, 0) is 4.79 Å². The summed E-state index contributed by atoms with van der Waals surface area (Å²) in [5, 5.41) is 3.15. The zero-order valence-corrected chi connectivity index (χ0v) is 14.0. The summed E-state index contributed by atoms with van der Waals surface area (Å²) in [5.74, 6) is 0.681. The van der Waals surface area contributed by atoms with Gasteiger partial charge in [0.05, 0.1) is 0 Å². The van der Waals surface area contributed by atoms with Crippen LogP contribution in [0.4, 0.5) is 0 Å².